The number of hydrogen-bond acceptors (Lipinski definition) is 4. The van der Waals surface area contributed by atoms with Gasteiger partial charge in [0.15, 0.2) is 6.04 Å². The van der Waals surface area contributed by atoms with E-state index < -0.39 is 17.9 Å². The van der Waals surface area contributed by atoms with E-state index in [-0.39, 0.29) is 0 Å². The number of carbonyl (C=O) groups is 2. The number of carbonyl (C=O) groups excluding carboxylic acids is 1. The van der Waals surface area contributed by atoms with Crippen LogP contribution in [0, 0.1) is 6.92 Å². The Labute approximate surface area is 121 Å². The summed E-state index contributed by atoms with van der Waals surface area (Å²) >= 11 is 0. The minimum absolute atomic E-state index is 0.305. The average molecular weight is 288 g/mol. The van der Waals surface area contributed by atoms with E-state index in [1.807, 2.05) is 6.92 Å². The van der Waals surface area contributed by atoms with E-state index in [9.17, 15) is 14.7 Å². The summed E-state index contributed by atoms with van der Waals surface area (Å²) in [6, 6.07) is 7.42. The summed E-state index contributed by atoms with van der Waals surface area (Å²) in [7, 11) is 0. The number of rotatable bonds is 5. The third-order valence-corrected chi connectivity index (χ3v) is 3.15. The molecule has 0 unspecified atom stereocenters. The van der Waals surface area contributed by atoms with Crippen LogP contribution in [0.4, 0.5) is 0 Å². The molecule has 0 radical (unpaired) electrons. The quantitative estimate of drug-likeness (QED) is 0.879. The Morgan fingerprint density at radius 1 is 1.33 bits per heavy atom. The first-order valence-electron chi connectivity index (χ1n) is 6.58. The van der Waals surface area contributed by atoms with Crippen LogP contribution in [0.5, 0.6) is 0 Å². The fourth-order valence-corrected chi connectivity index (χ4v) is 2.09. The molecule has 0 saturated heterocycles. The van der Waals surface area contributed by atoms with Crippen molar-refractivity contribution in [2.75, 3.05) is 0 Å². The first-order chi connectivity index (χ1) is 10.0. The second-order valence-electron chi connectivity index (χ2n) is 4.57. The predicted octanol–water partition coefficient (Wildman–Crippen LogP) is 2.10. The molecule has 1 aromatic heterocycles. The van der Waals surface area contributed by atoms with Gasteiger partial charge in [0.25, 0.3) is 5.91 Å². The van der Waals surface area contributed by atoms with Gasteiger partial charge in [-0.05, 0) is 18.9 Å². The minimum Gasteiger partial charge on any atom is -0.479 e. The standard InChI is InChI=1S/C15H16N2O4/c1-3-11-12(9(2)21-17-11)14(18)16-13(15(19)20)10-7-5-4-6-8-10/h4-8,13H,3H2,1-2H3,(H,16,18)(H,19,20)/t13-/m1/s1. The molecule has 21 heavy (non-hydrogen) atoms. The molecule has 0 aliphatic heterocycles. The fraction of sp³-hybridized carbons (Fsp3) is 0.267. The lowest BCUT2D eigenvalue weighted by Gasteiger charge is -2.14. The van der Waals surface area contributed by atoms with Gasteiger partial charge in [-0.2, -0.15) is 0 Å². The van der Waals surface area contributed by atoms with Crippen LogP contribution < -0.4 is 5.32 Å². The molecule has 1 aromatic carbocycles. The van der Waals surface area contributed by atoms with E-state index >= 15 is 0 Å². The van der Waals surface area contributed by atoms with Crippen LogP contribution in [0.2, 0.25) is 0 Å². The molecule has 0 fully saturated rings. The van der Waals surface area contributed by atoms with E-state index in [0.717, 1.165) is 0 Å². The second-order valence-corrected chi connectivity index (χ2v) is 4.57. The highest BCUT2D eigenvalue weighted by molar-refractivity contribution is 5.98. The number of nitrogens with zero attached hydrogens (tertiary/aromatic N) is 1. The smallest absolute Gasteiger partial charge is 0.330 e. The molecule has 6 heteroatoms. The molecule has 1 atom stereocenters. The monoisotopic (exact) mass is 288 g/mol. The maximum Gasteiger partial charge on any atom is 0.330 e. The highest BCUT2D eigenvalue weighted by atomic mass is 16.5. The summed E-state index contributed by atoms with van der Waals surface area (Å²) in [4.78, 5) is 23.7. The lowest BCUT2D eigenvalue weighted by molar-refractivity contribution is -0.139. The largest absolute Gasteiger partial charge is 0.479 e. The van der Waals surface area contributed by atoms with Gasteiger partial charge in [0.1, 0.15) is 11.3 Å². The normalized spacial score (nSPS) is 11.9. The van der Waals surface area contributed by atoms with Crippen molar-refractivity contribution in [3.8, 4) is 0 Å². The summed E-state index contributed by atoms with van der Waals surface area (Å²) in [5.41, 5.74) is 1.33. The van der Waals surface area contributed by atoms with Crippen molar-refractivity contribution in [1.29, 1.82) is 0 Å². The Balaban J connectivity index is 2.27. The summed E-state index contributed by atoms with van der Waals surface area (Å²) < 4.78 is 5.00. The van der Waals surface area contributed by atoms with E-state index in [0.29, 0.717) is 29.0 Å². The minimum atomic E-state index is -1.12. The van der Waals surface area contributed by atoms with Crippen LogP contribution in [0.25, 0.3) is 0 Å². The first kappa shape index (κ1) is 14.8. The van der Waals surface area contributed by atoms with Crippen molar-refractivity contribution >= 4 is 11.9 Å². The molecule has 0 saturated carbocycles. The van der Waals surface area contributed by atoms with Gasteiger partial charge in [0.05, 0.1) is 5.69 Å². The molecule has 2 rings (SSSR count). The van der Waals surface area contributed by atoms with Crippen LogP contribution in [0.15, 0.2) is 34.9 Å². The van der Waals surface area contributed by atoms with E-state index in [1.165, 1.54) is 0 Å². The number of aliphatic carboxylic acids is 1. The number of amides is 1. The van der Waals surface area contributed by atoms with E-state index in [4.69, 9.17) is 4.52 Å². The van der Waals surface area contributed by atoms with Gasteiger partial charge >= 0.3 is 5.97 Å². The molecule has 0 spiro atoms. The number of hydrogen-bond donors (Lipinski definition) is 2. The second kappa shape index (κ2) is 6.21. The Bertz CT molecular complexity index is 649. The summed E-state index contributed by atoms with van der Waals surface area (Å²) in [5.74, 6) is -1.25. The maximum atomic E-state index is 12.3. The van der Waals surface area contributed by atoms with Crippen LogP contribution >= 0.6 is 0 Å². The highest BCUT2D eigenvalue weighted by Crippen LogP contribution is 2.17. The number of aromatic nitrogens is 1. The SMILES string of the molecule is CCc1noc(C)c1C(=O)N[C@@H](C(=O)O)c1ccccc1. The van der Waals surface area contributed by atoms with Gasteiger partial charge in [-0.1, -0.05) is 42.4 Å². The summed E-state index contributed by atoms with van der Waals surface area (Å²) in [6.07, 6.45) is 0.531. The molecule has 110 valence electrons. The lowest BCUT2D eigenvalue weighted by Crippen LogP contribution is -2.34. The molecule has 0 aliphatic carbocycles. The molecule has 0 aliphatic rings. The fourth-order valence-electron chi connectivity index (χ4n) is 2.09. The zero-order chi connectivity index (χ0) is 15.4. The molecular weight excluding hydrogens is 272 g/mol. The molecule has 2 aromatic rings. The van der Waals surface area contributed by atoms with Gasteiger partial charge in [0.2, 0.25) is 0 Å². The van der Waals surface area contributed by atoms with Crippen molar-refractivity contribution in [1.82, 2.24) is 10.5 Å². The van der Waals surface area contributed by atoms with Gasteiger partial charge in [0, 0.05) is 0 Å². The number of benzene rings is 1. The Morgan fingerprint density at radius 3 is 2.57 bits per heavy atom. The van der Waals surface area contributed by atoms with Gasteiger partial charge < -0.3 is 14.9 Å². The average Bonchev–Trinajstić information content (AvgIpc) is 2.86. The predicted molar refractivity (Wildman–Crippen MR) is 74.9 cm³/mol. The number of aryl methyl sites for hydroxylation is 2. The van der Waals surface area contributed by atoms with Crippen LogP contribution in [0.3, 0.4) is 0 Å². The zero-order valence-electron chi connectivity index (χ0n) is 11.8. The molecular formula is C15H16N2O4. The Hall–Kier alpha value is -2.63. The van der Waals surface area contributed by atoms with Gasteiger partial charge in [-0.15, -0.1) is 0 Å². The van der Waals surface area contributed by atoms with Crippen molar-refractivity contribution in [2.24, 2.45) is 0 Å². The zero-order valence-corrected chi connectivity index (χ0v) is 11.8. The van der Waals surface area contributed by atoms with Gasteiger partial charge in [-0.3, -0.25) is 4.79 Å². The molecule has 2 N–H and O–H groups in total. The molecule has 1 amide bonds. The van der Waals surface area contributed by atoms with Crippen LogP contribution in [-0.2, 0) is 11.2 Å². The van der Waals surface area contributed by atoms with Gasteiger partial charge in [-0.25, -0.2) is 4.79 Å². The third-order valence-electron chi connectivity index (χ3n) is 3.15. The summed E-state index contributed by atoms with van der Waals surface area (Å²) in [6.45, 7) is 3.47. The molecule has 1 heterocycles. The van der Waals surface area contributed by atoms with Crippen molar-refractivity contribution in [2.45, 2.75) is 26.3 Å². The Kier molecular flexibility index (Phi) is 4.37. The van der Waals surface area contributed by atoms with Crippen molar-refractivity contribution in [3.05, 3.63) is 52.9 Å². The summed E-state index contributed by atoms with van der Waals surface area (Å²) in [5, 5.41) is 15.6. The number of carboxylic acids is 1. The third kappa shape index (κ3) is 3.10. The maximum absolute atomic E-state index is 12.3. The molecule has 0 bridgehead atoms. The topological polar surface area (TPSA) is 92.4 Å². The van der Waals surface area contributed by atoms with E-state index in [1.54, 1.807) is 37.3 Å². The number of nitrogens with one attached hydrogen (secondary N) is 1. The van der Waals surface area contributed by atoms with Crippen LogP contribution in [-0.4, -0.2) is 22.1 Å². The first-order valence-corrected chi connectivity index (χ1v) is 6.58. The number of carboxylic acid groups (broad SMARTS) is 1. The van der Waals surface area contributed by atoms with Crippen molar-refractivity contribution < 1.29 is 19.2 Å². The lowest BCUT2D eigenvalue weighted by atomic mass is 10.1. The highest BCUT2D eigenvalue weighted by Gasteiger charge is 2.26. The van der Waals surface area contributed by atoms with Crippen molar-refractivity contribution in [3.63, 3.8) is 0 Å². The van der Waals surface area contributed by atoms with Crippen LogP contribution in [0.1, 0.15) is 40.3 Å². The Morgan fingerprint density at radius 2 is 2.00 bits per heavy atom. The molecule has 6 nitrogen and oxygen atoms in total. The van der Waals surface area contributed by atoms with E-state index in [2.05, 4.69) is 10.5 Å².